The molecule has 134 valence electrons. The quantitative estimate of drug-likeness (QED) is 0.707. The van der Waals surface area contributed by atoms with Crippen molar-refractivity contribution in [2.45, 2.75) is 13.3 Å². The van der Waals surface area contributed by atoms with Gasteiger partial charge in [-0.3, -0.25) is 4.79 Å². The maximum atomic E-state index is 12.8. The Kier molecular flexibility index (Phi) is 5.58. The van der Waals surface area contributed by atoms with Crippen LogP contribution in [0.2, 0.25) is 0 Å². The molecule has 0 saturated heterocycles. The molecule has 0 unspecified atom stereocenters. The molecule has 0 aliphatic rings. The summed E-state index contributed by atoms with van der Waals surface area (Å²) in [5, 5.41) is 13.9. The number of benzene rings is 2. The van der Waals surface area contributed by atoms with Gasteiger partial charge in [-0.1, -0.05) is 37.3 Å². The minimum atomic E-state index is -0.115. The Labute approximate surface area is 152 Å². The first-order valence-electron chi connectivity index (χ1n) is 8.49. The molecule has 0 radical (unpaired) electrons. The van der Waals surface area contributed by atoms with Gasteiger partial charge in [0.1, 0.15) is 12.4 Å². The van der Waals surface area contributed by atoms with Crippen molar-refractivity contribution >= 4 is 5.91 Å². The summed E-state index contributed by atoms with van der Waals surface area (Å²) in [5.41, 5.74) is 2.44. The van der Waals surface area contributed by atoms with E-state index in [9.17, 15) is 4.79 Å². The Balaban J connectivity index is 1.61. The van der Waals surface area contributed by atoms with Crippen LogP contribution in [0.4, 0.5) is 0 Å². The molecule has 0 saturated carbocycles. The summed E-state index contributed by atoms with van der Waals surface area (Å²) >= 11 is 0. The van der Waals surface area contributed by atoms with Crippen LogP contribution in [-0.4, -0.2) is 51.6 Å². The van der Waals surface area contributed by atoms with Gasteiger partial charge in [-0.05, 0) is 35.4 Å². The zero-order chi connectivity index (χ0) is 18.4. The summed E-state index contributed by atoms with van der Waals surface area (Å²) in [6, 6.07) is 15.2. The monoisotopic (exact) mass is 351 g/mol. The molecule has 7 heteroatoms. The van der Waals surface area contributed by atoms with E-state index in [0.717, 1.165) is 12.2 Å². The molecule has 3 rings (SSSR count). The predicted octanol–water partition coefficient (Wildman–Crippen LogP) is 2.58. The second-order valence-electron chi connectivity index (χ2n) is 5.85. The average Bonchev–Trinajstić information content (AvgIpc) is 3.22. The largest absolute Gasteiger partial charge is 0.492 e. The van der Waals surface area contributed by atoms with E-state index in [1.54, 1.807) is 24.1 Å². The number of tetrazole rings is 1. The number of aromatic amines is 1. The van der Waals surface area contributed by atoms with Crippen molar-refractivity contribution in [3.63, 3.8) is 0 Å². The Hall–Kier alpha value is -3.22. The highest BCUT2D eigenvalue weighted by molar-refractivity contribution is 5.99. The van der Waals surface area contributed by atoms with Crippen molar-refractivity contribution in [3.05, 3.63) is 59.7 Å². The number of hydrogen-bond acceptors (Lipinski definition) is 5. The highest BCUT2D eigenvalue weighted by Gasteiger charge is 2.18. The lowest BCUT2D eigenvalue weighted by atomic mass is 10.1. The number of nitrogens with one attached hydrogen (secondary N) is 1. The smallest absolute Gasteiger partial charge is 0.254 e. The Morgan fingerprint density at radius 1 is 1.15 bits per heavy atom. The minimum absolute atomic E-state index is 0.115. The van der Waals surface area contributed by atoms with Gasteiger partial charge in [0.2, 0.25) is 5.82 Å². The first-order chi connectivity index (χ1) is 12.7. The topological polar surface area (TPSA) is 84.0 Å². The third kappa shape index (κ3) is 4.05. The molecule has 26 heavy (non-hydrogen) atoms. The van der Waals surface area contributed by atoms with E-state index in [0.29, 0.717) is 30.1 Å². The van der Waals surface area contributed by atoms with Gasteiger partial charge in [-0.15, -0.1) is 10.2 Å². The van der Waals surface area contributed by atoms with Crippen molar-refractivity contribution in [2.75, 3.05) is 20.2 Å². The lowest BCUT2D eigenvalue weighted by molar-refractivity contribution is 0.0774. The van der Waals surface area contributed by atoms with E-state index < -0.39 is 0 Å². The predicted molar refractivity (Wildman–Crippen MR) is 97.9 cm³/mol. The normalized spacial score (nSPS) is 10.5. The molecule has 1 heterocycles. The zero-order valence-electron chi connectivity index (χ0n) is 14.8. The Morgan fingerprint density at radius 2 is 1.92 bits per heavy atom. The minimum Gasteiger partial charge on any atom is -0.492 e. The lowest BCUT2D eigenvalue weighted by Gasteiger charge is -2.18. The molecule has 0 atom stereocenters. The van der Waals surface area contributed by atoms with Crippen molar-refractivity contribution in [3.8, 4) is 17.1 Å². The van der Waals surface area contributed by atoms with E-state index in [1.807, 2.05) is 36.4 Å². The van der Waals surface area contributed by atoms with Crippen LogP contribution in [0.5, 0.6) is 5.75 Å². The number of nitrogens with zero attached hydrogens (tertiary/aromatic N) is 4. The van der Waals surface area contributed by atoms with Crippen LogP contribution in [0.1, 0.15) is 22.8 Å². The van der Waals surface area contributed by atoms with Crippen LogP contribution in [0.25, 0.3) is 11.4 Å². The molecule has 0 spiro atoms. The first kappa shape index (κ1) is 17.6. The maximum Gasteiger partial charge on any atom is 0.254 e. The fraction of sp³-hybridized carbons (Fsp3) is 0.263. The molecule has 0 aliphatic heterocycles. The lowest BCUT2D eigenvalue weighted by Crippen LogP contribution is -2.31. The van der Waals surface area contributed by atoms with Crippen molar-refractivity contribution in [1.29, 1.82) is 0 Å². The van der Waals surface area contributed by atoms with E-state index in [1.165, 1.54) is 5.56 Å². The summed E-state index contributed by atoms with van der Waals surface area (Å²) in [6.45, 7) is 3.00. The Morgan fingerprint density at radius 3 is 2.62 bits per heavy atom. The number of carbonyl (C=O) groups is 1. The second-order valence-corrected chi connectivity index (χ2v) is 5.85. The molecule has 0 fully saturated rings. The molecular formula is C19H21N5O2. The van der Waals surface area contributed by atoms with Crippen molar-refractivity contribution in [2.24, 2.45) is 0 Å². The van der Waals surface area contributed by atoms with Crippen LogP contribution in [0.15, 0.2) is 48.5 Å². The fourth-order valence-corrected chi connectivity index (χ4v) is 2.57. The van der Waals surface area contributed by atoms with Crippen molar-refractivity contribution in [1.82, 2.24) is 25.5 Å². The molecular weight excluding hydrogens is 330 g/mol. The van der Waals surface area contributed by atoms with Crippen LogP contribution < -0.4 is 4.74 Å². The van der Waals surface area contributed by atoms with Gasteiger partial charge >= 0.3 is 0 Å². The SMILES string of the molecule is CCc1ccc(OCCN(C)C(=O)c2ccccc2-c2nn[nH]n2)cc1. The second kappa shape index (κ2) is 8.24. The van der Waals surface area contributed by atoms with Gasteiger partial charge in [0.15, 0.2) is 0 Å². The molecule has 3 aromatic rings. The maximum absolute atomic E-state index is 12.8. The Bertz CT molecular complexity index is 847. The average molecular weight is 351 g/mol. The van der Waals surface area contributed by atoms with Gasteiger partial charge in [0.05, 0.1) is 12.1 Å². The summed E-state index contributed by atoms with van der Waals surface area (Å²) < 4.78 is 5.73. The summed E-state index contributed by atoms with van der Waals surface area (Å²) in [5.74, 6) is 1.08. The van der Waals surface area contributed by atoms with Crippen LogP contribution in [0, 0.1) is 0 Å². The fourth-order valence-electron chi connectivity index (χ4n) is 2.57. The first-order valence-corrected chi connectivity index (χ1v) is 8.49. The van der Waals surface area contributed by atoms with Gasteiger partial charge in [0.25, 0.3) is 5.91 Å². The number of carbonyl (C=O) groups excluding carboxylic acids is 1. The van der Waals surface area contributed by atoms with Gasteiger partial charge in [-0.2, -0.15) is 5.21 Å². The summed E-state index contributed by atoms with van der Waals surface area (Å²) in [7, 11) is 1.75. The van der Waals surface area contributed by atoms with Crippen LogP contribution >= 0.6 is 0 Å². The highest BCUT2D eigenvalue weighted by Crippen LogP contribution is 2.20. The third-order valence-corrected chi connectivity index (χ3v) is 4.12. The third-order valence-electron chi connectivity index (χ3n) is 4.12. The molecule has 0 aliphatic carbocycles. The number of rotatable bonds is 7. The van der Waals surface area contributed by atoms with E-state index in [2.05, 4.69) is 27.5 Å². The van der Waals surface area contributed by atoms with Gasteiger partial charge < -0.3 is 9.64 Å². The van der Waals surface area contributed by atoms with Gasteiger partial charge in [-0.25, -0.2) is 0 Å². The number of amides is 1. The van der Waals surface area contributed by atoms with E-state index in [4.69, 9.17) is 4.74 Å². The number of aryl methyl sites for hydroxylation is 1. The number of likely N-dealkylation sites (N-methyl/N-ethyl adjacent to an activating group) is 1. The number of H-pyrrole nitrogens is 1. The summed E-state index contributed by atoms with van der Waals surface area (Å²) in [6.07, 6.45) is 0.997. The zero-order valence-corrected chi connectivity index (χ0v) is 14.8. The molecule has 2 aromatic carbocycles. The number of aromatic nitrogens is 4. The number of ether oxygens (including phenoxy) is 1. The molecule has 7 nitrogen and oxygen atoms in total. The molecule has 1 aromatic heterocycles. The standard InChI is InChI=1S/C19H21N5O2/c1-3-14-8-10-15(11-9-14)26-13-12-24(2)19(25)17-7-5-4-6-16(17)18-20-22-23-21-18/h4-11H,3,12-13H2,1-2H3,(H,20,21,22,23). The van der Waals surface area contributed by atoms with Crippen LogP contribution in [0.3, 0.4) is 0 Å². The van der Waals surface area contributed by atoms with E-state index >= 15 is 0 Å². The van der Waals surface area contributed by atoms with Crippen molar-refractivity contribution < 1.29 is 9.53 Å². The van der Waals surface area contributed by atoms with Gasteiger partial charge in [0, 0.05) is 12.6 Å². The summed E-state index contributed by atoms with van der Waals surface area (Å²) in [4.78, 5) is 14.4. The highest BCUT2D eigenvalue weighted by atomic mass is 16.5. The van der Waals surface area contributed by atoms with Crippen LogP contribution in [-0.2, 0) is 6.42 Å². The number of hydrogen-bond donors (Lipinski definition) is 1. The van der Waals surface area contributed by atoms with E-state index in [-0.39, 0.29) is 5.91 Å². The molecule has 1 N–H and O–H groups in total. The molecule has 0 bridgehead atoms. The molecule has 1 amide bonds.